The van der Waals surface area contributed by atoms with Gasteiger partial charge in [-0.05, 0) is 55.2 Å². The molecule has 0 heterocycles. The second-order valence-electron chi connectivity index (χ2n) is 7.70. The van der Waals surface area contributed by atoms with Gasteiger partial charge in [-0.25, -0.2) is 0 Å². The Morgan fingerprint density at radius 2 is 1.75 bits per heavy atom. The maximum absolute atomic E-state index is 12.5. The smallest absolute Gasteiger partial charge is 0.305 e. The molecule has 0 radical (unpaired) electrons. The molecule has 1 atom stereocenters. The number of methoxy groups -OCH3 is 1. The summed E-state index contributed by atoms with van der Waals surface area (Å²) in [6.45, 7) is 6.42. The standard InChI is InChI=1S/C25H31NO6/c1-5-12-32-22-10-8-18(14-23(22)31-4)20(15-25(29)30)26-24(28)11-9-21(27)19-7-6-16(2)17(3)13-19/h6-8,10,13-14,20H,5,9,11-12,15H2,1-4H3,(H,26,28)(H,29,30). The first-order chi connectivity index (χ1) is 15.2. The van der Waals surface area contributed by atoms with E-state index >= 15 is 0 Å². The molecule has 0 bridgehead atoms. The van der Waals surface area contributed by atoms with Crippen LogP contribution in [0.3, 0.4) is 0 Å². The summed E-state index contributed by atoms with van der Waals surface area (Å²) in [6, 6.07) is 9.77. The summed E-state index contributed by atoms with van der Waals surface area (Å²) >= 11 is 0. The molecule has 0 saturated carbocycles. The minimum absolute atomic E-state index is 0.0310. The Balaban J connectivity index is 2.07. The number of carbonyl (C=O) groups excluding carboxylic acids is 2. The second kappa shape index (κ2) is 11.9. The third kappa shape index (κ3) is 7.11. The number of aliphatic carboxylic acids is 1. The first kappa shape index (κ1) is 24.9. The van der Waals surface area contributed by atoms with Crippen LogP contribution in [0.1, 0.15) is 65.7 Å². The Kier molecular flexibility index (Phi) is 9.25. The predicted molar refractivity (Wildman–Crippen MR) is 121 cm³/mol. The van der Waals surface area contributed by atoms with Crippen molar-refractivity contribution < 1.29 is 29.0 Å². The largest absolute Gasteiger partial charge is 0.493 e. The molecular weight excluding hydrogens is 410 g/mol. The second-order valence-corrected chi connectivity index (χ2v) is 7.70. The molecular formula is C25H31NO6. The zero-order valence-electron chi connectivity index (χ0n) is 19.1. The number of hydrogen-bond donors (Lipinski definition) is 2. The summed E-state index contributed by atoms with van der Waals surface area (Å²) in [5.74, 6) is -0.550. The van der Waals surface area contributed by atoms with Gasteiger partial charge in [0, 0.05) is 18.4 Å². The first-order valence-electron chi connectivity index (χ1n) is 10.7. The quantitative estimate of drug-likeness (QED) is 0.474. The van der Waals surface area contributed by atoms with Crippen molar-refractivity contribution in [3.63, 3.8) is 0 Å². The van der Waals surface area contributed by atoms with Crippen molar-refractivity contribution in [3.8, 4) is 11.5 Å². The summed E-state index contributed by atoms with van der Waals surface area (Å²) in [5, 5.41) is 12.0. The molecule has 32 heavy (non-hydrogen) atoms. The summed E-state index contributed by atoms with van der Waals surface area (Å²) < 4.78 is 11.0. The Hall–Kier alpha value is -3.35. The van der Waals surface area contributed by atoms with Gasteiger partial charge in [-0.2, -0.15) is 0 Å². The van der Waals surface area contributed by atoms with Gasteiger partial charge in [0.1, 0.15) is 0 Å². The lowest BCUT2D eigenvalue weighted by Gasteiger charge is -2.19. The molecule has 0 spiro atoms. The van der Waals surface area contributed by atoms with Crippen molar-refractivity contribution in [3.05, 3.63) is 58.7 Å². The molecule has 7 nitrogen and oxygen atoms in total. The number of carboxylic acids is 1. The number of amides is 1. The SMILES string of the molecule is CCCOc1ccc(C(CC(=O)O)NC(=O)CCC(=O)c2ccc(C)c(C)c2)cc1OC. The maximum Gasteiger partial charge on any atom is 0.305 e. The molecule has 0 aromatic heterocycles. The minimum atomic E-state index is -1.05. The fourth-order valence-corrected chi connectivity index (χ4v) is 3.21. The van der Waals surface area contributed by atoms with E-state index in [4.69, 9.17) is 9.47 Å². The third-order valence-corrected chi connectivity index (χ3v) is 5.17. The summed E-state index contributed by atoms with van der Waals surface area (Å²) in [7, 11) is 1.50. The predicted octanol–water partition coefficient (Wildman–Crippen LogP) is 4.40. The van der Waals surface area contributed by atoms with Crippen molar-refractivity contribution in [2.24, 2.45) is 0 Å². The third-order valence-electron chi connectivity index (χ3n) is 5.17. The van der Waals surface area contributed by atoms with Crippen LogP contribution >= 0.6 is 0 Å². The normalized spacial score (nSPS) is 11.5. The molecule has 2 N–H and O–H groups in total. The number of Topliss-reactive ketones (excluding diaryl/α,β-unsaturated/α-hetero) is 1. The van der Waals surface area contributed by atoms with E-state index in [1.165, 1.54) is 7.11 Å². The highest BCUT2D eigenvalue weighted by Crippen LogP contribution is 2.31. The fraction of sp³-hybridized carbons (Fsp3) is 0.400. The highest BCUT2D eigenvalue weighted by Gasteiger charge is 2.21. The first-order valence-corrected chi connectivity index (χ1v) is 10.7. The fourth-order valence-electron chi connectivity index (χ4n) is 3.21. The number of hydrogen-bond acceptors (Lipinski definition) is 5. The van der Waals surface area contributed by atoms with Crippen LogP contribution in [0.2, 0.25) is 0 Å². The number of ether oxygens (including phenoxy) is 2. The number of carboxylic acid groups (broad SMARTS) is 1. The van der Waals surface area contributed by atoms with Gasteiger partial charge in [-0.3, -0.25) is 14.4 Å². The van der Waals surface area contributed by atoms with E-state index in [1.807, 2.05) is 32.9 Å². The van der Waals surface area contributed by atoms with E-state index in [1.54, 1.807) is 24.3 Å². The van der Waals surface area contributed by atoms with Crippen LogP contribution in [0.4, 0.5) is 0 Å². The summed E-state index contributed by atoms with van der Waals surface area (Å²) in [4.78, 5) is 36.3. The van der Waals surface area contributed by atoms with Crippen LogP contribution in [0.15, 0.2) is 36.4 Å². The molecule has 0 aliphatic rings. The van der Waals surface area contributed by atoms with Gasteiger partial charge in [0.15, 0.2) is 17.3 Å². The van der Waals surface area contributed by atoms with E-state index in [0.717, 1.165) is 17.5 Å². The van der Waals surface area contributed by atoms with E-state index in [9.17, 15) is 19.5 Å². The van der Waals surface area contributed by atoms with Gasteiger partial charge in [-0.15, -0.1) is 0 Å². The Morgan fingerprint density at radius 3 is 2.38 bits per heavy atom. The number of aryl methyl sites for hydroxylation is 2. The molecule has 1 unspecified atom stereocenters. The van der Waals surface area contributed by atoms with Crippen LogP contribution in [-0.4, -0.2) is 36.5 Å². The number of carbonyl (C=O) groups is 3. The molecule has 0 aliphatic heterocycles. The Morgan fingerprint density at radius 1 is 1.00 bits per heavy atom. The molecule has 0 fully saturated rings. The highest BCUT2D eigenvalue weighted by molar-refractivity contribution is 5.98. The van der Waals surface area contributed by atoms with Crippen LogP contribution in [0.5, 0.6) is 11.5 Å². The van der Waals surface area contributed by atoms with Crippen molar-refractivity contribution in [2.45, 2.75) is 52.5 Å². The monoisotopic (exact) mass is 441 g/mol. The maximum atomic E-state index is 12.5. The zero-order valence-corrected chi connectivity index (χ0v) is 19.1. The van der Waals surface area contributed by atoms with Gasteiger partial charge in [0.2, 0.25) is 5.91 Å². The van der Waals surface area contributed by atoms with E-state index in [2.05, 4.69) is 5.32 Å². The van der Waals surface area contributed by atoms with Crippen LogP contribution < -0.4 is 14.8 Å². The average molecular weight is 442 g/mol. The summed E-state index contributed by atoms with van der Waals surface area (Å²) in [6.07, 6.45) is 0.552. The number of nitrogens with one attached hydrogen (secondary N) is 1. The van der Waals surface area contributed by atoms with Crippen molar-refractivity contribution in [2.75, 3.05) is 13.7 Å². The van der Waals surface area contributed by atoms with Crippen molar-refractivity contribution in [1.82, 2.24) is 5.32 Å². The molecule has 0 saturated heterocycles. The average Bonchev–Trinajstić information content (AvgIpc) is 2.77. The van der Waals surface area contributed by atoms with E-state index in [0.29, 0.717) is 29.2 Å². The van der Waals surface area contributed by atoms with Crippen molar-refractivity contribution in [1.29, 1.82) is 0 Å². The zero-order chi connectivity index (χ0) is 23.7. The van der Waals surface area contributed by atoms with Gasteiger partial charge in [0.25, 0.3) is 0 Å². The van der Waals surface area contributed by atoms with E-state index in [-0.39, 0.29) is 25.0 Å². The highest BCUT2D eigenvalue weighted by atomic mass is 16.5. The van der Waals surface area contributed by atoms with Crippen LogP contribution in [0.25, 0.3) is 0 Å². The van der Waals surface area contributed by atoms with E-state index < -0.39 is 17.9 Å². The minimum Gasteiger partial charge on any atom is -0.493 e. The van der Waals surface area contributed by atoms with Gasteiger partial charge >= 0.3 is 5.97 Å². The van der Waals surface area contributed by atoms with Crippen molar-refractivity contribution >= 4 is 17.7 Å². The van der Waals surface area contributed by atoms with Gasteiger partial charge in [0.05, 0.1) is 26.2 Å². The van der Waals surface area contributed by atoms with Gasteiger partial charge < -0.3 is 19.9 Å². The molecule has 2 rings (SSSR count). The molecule has 2 aromatic carbocycles. The Bertz CT molecular complexity index is 969. The lowest BCUT2D eigenvalue weighted by Crippen LogP contribution is -2.30. The topological polar surface area (TPSA) is 102 Å². The summed E-state index contributed by atoms with van der Waals surface area (Å²) in [5.41, 5.74) is 3.26. The molecule has 172 valence electrons. The molecule has 2 aromatic rings. The van der Waals surface area contributed by atoms with Gasteiger partial charge in [-0.1, -0.05) is 25.1 Å². The Labute approximate surface area is 188 Å². The molecule has 7 heteroatoms. The molecule has 1 amide bonds. The number of ketones is 1. The number of rotatable bonds is 12. The number of benzene rings is 2. The lowest BCUT2D eigenvalue weighted by molar-refractivity contribution is -0.137. The lowest BCUT2D eigenvalue weighted by atomic mass is 10.0. The molecule has 0 aliphatic carbocycles. The van der Waals surface area contributed by atoms with Crippen LogP contribution in [0, 0.1) is 13.8 Å². The van der Waals surface area contributed by atoms with Crippen LogP contribution in [-0.2, 0) is 9.59 Å².